The van der Waals surface area contributed by atoms with Crippen molar-refractivity contribution >= 4 is 0 Å². The molecule has 2 rings (SSSR count). The van der Waals surface area contributed by atoms with Gasteiger partial charge in [0.1, 0.15) is 5.82 Å². The molecule has 0 spiro atoms. The van der Waals surface area contributed by atoms with E-state index in [1.165, 1.54) is 12.1 Å². The molecular weight excluding hydrogens is 205 g/mol. The van der Waals surface area contributed by atoms with E-state index >= 15 is 0 Å². The second-order valence-corrected chi connectivity index (χ2v) is 3.91. The highest BCUT2D eigenvalue weighted by atomic mass is 19.1. The van der Waals surface area contributed by atoms with Gasteiger partial charge < -0.3 is 5.73 Å². The third kappa shape index (κ3) is 2.28. The summed E-state index contributed by atoms with van der Waals surface area (Å²) in [5, 5.41) is 4.14. The monoisotopic (exact) mass is 219 g/mol. The quantitative estimate of drug-likeness (QED) is 0.856. The van der Waals surface area contributed by atoms with Gasteiger partial charge in [0.15, 0.2) is 0 Å². The molecule has 1 unspecified atom stereocenters. The number of nitrogens with zero attached hydrogens (tertiary/aromatic N) is 2. The molecule has 0 radical (unpaired) electrons. The molecule has 84 valence electrons. The van der Waals surface area contributed by atoms with Crippen LogP contribution in [0.5, 0.6) is 0 Å². The van der Waals surface area contributed by atoms with Gasteiger partial charge in [-0.05, 0) is 43.2 Å². The molecule has 2 N–H and O–H groups in total. The number of nitrogens with two attached hydrogens (primary N) is 1. The van der Waals surface area contributed by atoms with Crippen LogP contribution in [0.15, 0.2) is 36.7 Å². The molecule has 16 heavy (non-hydrogen) atoms. The lowest BCUT2D eigenvalue weighted by atomic mass is 10.1. The van der Waals surface area contributed by atoms with Crippen LogP contribution < -0.4 is 5.73 Å². The molecular formula is C12H14FN3. The van der Waals surface area contributed by atoms with Gasteiger partial charge >= 0.3 is 0 Å². The van der Waals surface area contributed by atoms with E-state index in [2.05, 4.69) is 5.10 Å². The van der Waals surface area contributed by atoms with Crippen LogP contribution in [-0.2, 0) is 6.42 Å². The van der Waals surface area contributed by atoms with E-state index < -0.39 is 0 Å². The summed E-state index contributed by atoms with van der Waals surface area (Å²) in [4.78, 5) is 0. The van der Waals surface area contributed by atoms with E-state index in [9.17, 15) is 4.39 Å². The van der Waals surface area contributed by atoms with Crippen molar-refractivity contribution in [2.45, 2.75) is 19.4 Å². The Morgan fingerprint density at radius 2 is 2.31 bits per heavy atom. The molecule has 2 aromatic rings. The van der Waals surface area contributed by atoms with Gasteiger partial charge in [-0.15, -0.1) is 0 Å². The van der Waals surface area contributed by atoms with E-state index in [-0.39, 0.29) is 11.9 Å². The lowest BCUT2D eigenvalue weighted by Crippen LogP contribution is -2.19. The topological polar surface area (TPSA) is 43.8 Å². The van der Waals surface area contributed by atoms with Gasteiger partial charge in [0.2, 0.25) is 0 Å². The van der Waals surface area contributed by atoms with Crippen LogP contribution in [0.4, 0.5) is 4.39 Å². The first kappa shape index (κ1) is 10.8. The van der Waals surface area contributed by atoms with Crippen LogP contribution in [0.2, 0.25) is 0 Å². The Balaban J connectivity index is 2.44. The van der Waals surface area contributed by atoms with Crippen molar-refractivity contribution in [3.63, 3.8) is 0 Å². The fourth-order valence-electron chi connectivity index (χ4n) is 1.70. The molecule has 0 amide bonds. The minimum atomic E-state index is -0.244. The van der Waals surface area contributed by atoms with E-state index in [0.29, 0.717) is 6.42 Å². The molecule has 0 fully saturated rings. The van der Waals surface area contributed by atoms with Gasteiger partial charge in [0.05, 0.1) is 5.69 Å². The second kappa shape index (κ2) is 4.45. The highest BCUT2D eigenvalue weighted by molar-refractivity contribution is 5.41. The van der Waals surface area contributed by atoms with Crippen LogP contribution in [0, 0.1) is 5.82 Å². The number of halogens is 1. The lowest BCUT2D eigenvalue weighted by molar-refractivity contribution is 0.621. The molecule has 3 nitrogen and oxygen atoms in total. The Hall–Kier alpha value is -1.68. The van der Waals surface area contributed by atoms with Crippen LogP contribution in [0.1, 0.15) is 12.5 Å². The van der Waals surface area contributed by atoms with E-state index in [0.717, 1.165) is 11.3 Å². The lowest BCUT2D eigenvalue weighted by Gasteiger charge is -2.11. The summed E-state index contributed by atoms with van der Waals surface area (Å²) in [5.74, 6) is -0.244. The van der Waals surface area contributed by atoms with Crippen molar-refractivity contribution in [3.8, 4) is 5.69 Å². The zero-order chi connectivity index (χ0) is 11.5. The second-order valence-electron chi connectivity index (χ2n) is 3.91. The number of hydrogen-bond donors (Lipinski definition) is 1. The first-order valence-electron chi connectivity index (χ1n) is 5.21. The zero-order valence-corrected chi connectivity index (χ0v) is 9.10. The maximum absolute atomic E-state index is 13.2. The van der Waals surface area contributed by atoms with Gasteiger partial charge in [-0.25, -0.2) is 9.07 Å². The molecule has 0 aliphatic carbocycles. The van der Waals surface area contributed by atoms with Crippen molar-refractivity contribution in [1.29, 1.82) is 0 Å². The normalized spacial score (nSPS) is 12.7. The van der Waals surface area contributed by atoms with Crippen LogP contribution in [0.25, 0.3) is 5.69 Å². The summed E-state index contributed by atoms with van der Waals surface area (Å²) in [7, 11) is 0. The van der Waals surface area contributed by atoms with Gasteiger partial charge in [0, 0.05) is 18.4 Å². The minimum absolute atomic E-state index is 0.00360. The molecule has 1 aromatic carbocycles. The van der Waals surface area contributed by atoms with E-state index in [4.69, 9.17) is 5.73 Å². The van der Waals surface area contributed by atoms with Crippen LogP contribution >= 0.6 is 0 Å². The molecule has 0 aliphatic rings. The number of benzene rings is 1. The van der Waals surface area contributed by atoms with Gasteiger partial charge in [-0.2, -0.15) is 5.10 Å². The maximum Gasteiger partial charge on any atom is 0.123 e. The molecule has 0 aliphatic heterocycles. The molecule has 0 saturated carbocycles. The Bertz CT molecular complexity index is 463. The molecule has 1 atom stereocenters. The summed E-state index contributed by atoms with van der Waals surface area (Å²) in [6.07, 6.45) is 4.16. The fraction of sp³-hybridized carbons (Fsp3) is 0.250. The Morgan fingerprint density at radius 3 is 2.94 bits per heavy atom. The Kier molecular flexibility index (Phi) is 3.01. The molecule has 0 bridgehead atoms. The van der Waals surface area contributed by atoms with Gasteiger partial charge in [-0.1, -0.05) is 0 Å². The summed E-state index contributed by atoms with van der Waals surface area (Å²) in [6.45, 7) is 1.90. The number of rotatable bonds is 3. The van der Waals surface area contributed by atoms with Crippen molar-refractivity contribution in [2.24, 2.45) is 5.73 Å². The van der Waals surface area contributed by atoms with Crippen molar-refractivity contribution in [1.82, 2.24) is 9.78 Å². The first-order chi connectivity index (χ1) is 7.66. The van der Waals surface area contributed by atoms with Crippen molar-refractivity contribution in [3.05, 3.63) is 48.0 Å². The average Bonchev–Trinajstić information content (AvgIpc) is 2.69. The van der Waals surface area contributed by atoms with Crippen LogP contribution in [-0.4, -0.2) is 15.8 Å². The minimum Gasteiger partial charge on any atom is -0.328 e. The first-order valence-corrected chi connectivity index (χ1v) is 5.21. The molecule has 1 heterocycles. The zero-order valence-electron chi connectivity index (χ0n) is 9.10. The largest absolute Gasteiger partial charge is 0.328 e. The van der Waals surface area contributed by atoms with Gasteiger partial charge in [0.25, 0.3) is 0 Å². The highest BCUT2D eigenvalue weighted by Crippen LogP contribution is 2.16. The highest BCUT2D eigenvalue weighted by Gasteiger charge is 2.08. The summed E-state index contributed by atoms with van der Waals surface area (Å²) >= 11 is 0. The smallest absolute Gasteiger partial charge is 0.123 e. The maximum atomic E-state index is 13.2. The third-order valence-corrected chi connectivity index (χ3v) is 2.33. The SMILES string of the molecule is CC(N)Cc1cc(F)ccc1-n1cccn1. The summed E-state index contributed by atoms with van der Waals surface area (Å²) in [5.41, 5.74) is 7.50. The number of hydrogen-bond acceptors (Lipinski definition) is 2. The summed E-state index contributed by atoms with van der Waals surface area (Å²) < 4.78 is 14.9. The summed E-state index contributed by atoms with van der Waals surface area (Å²) in [6, 6.07) is 6.50. The third-order valence-electron chi connectivity index (χ3n) is 2.33. The Labute approximate surface area is 93.7 Å². The van der Waals surface area contributed by atoms with Crippen molar-refractivity contribution < 1.29 is 4.39 Å². The van der Waals surface area contributed by atoms with E-state index in [1.54, 1.807) is 16.9 Å². The predicted molar refractivity (Wildman–Crippen MR) is 60.9 cm³/mol. The average molecular weight is 219 g/mol. The standard InChI is InChI=1S/C12H14FN3/c1-9(14)7-10-8-11(13)3-4-12(10)16-6-2-5-15-16/h2-6,8-9H,7,14H2,1H3. The Morgan fingerprint density at radius 1 is 1.50 bits per heavy atom. The molecule has 1 aromatic heterocycles. The fourth-order valence-corrected chi connectivity index (χ4v) is 1.70. The van der Waals surface area contributed by atoms with Gasteiger partial charge in [-0.3, -0.25) is 0 Å². The predicted octanol–water partition coefficient (Wildman–Crippen LogP) is 1.90. The molecule has 0 saturated heterocycles. The van der Waals surface area contributed by atoms with Crippen LogP contribution in [0.3, 0.4) is 0 Å². The van der Waals surface area contributed by atoms with E-state index in [1.807, 2.05) is 19.2 Å². The molecule has 4 heteroatoms. The van der Waals surface area contributed by atoms with Crippen molar-refractivity contribution in [2.75, 3.05) is 0 Å². The number of aromatic nitrogens is 2.